The molecule has 0 fully saturated rings. The molecule has 1 amide bonds. The van der Waals surface area contributed by atoms with Crippen molar-refractivity contribution in [2.75, 3.05) is 13.1 Å². The highest BCUT2D eigenvalue weighted by Crippen LogP contribution is 2.14. The maximum atomic E-state index is 12.3. The molecule has 0 aliphatic carbocycles. The van der Waals surface area contributed by atoms with Gasteiger partial charge in [0.25, 0.3) is 5.91 Å². The summed E-state index contributed by atoms with van der Waals surface area (Å²) in [6.45, 7) is 5.14. The number of carbonyl (C=O) groups excluding carboxylic acids is 1. The average molecular weight is 371 g/mol. The van der Waals surface area contributed by atoms with Crippen LogP contribution in [0.25, 0.3) is 0 Å². The van der Waals surface area contributed by atoms with Gasteiger partial charge in [0, 0.05) is 18.2 Å². The smallest absolute Gasteiger partial charge is 0.337 e. The molecule has 2 N–H and O–H groups in total. The zero-order valence-corrected chi connectivity index (χ0v) is 14.5. The van der Waals surface area contributed by atoms with Crippen molar-refractivity contribution in [3.05, 3.63) is 35.4 Å². The third kappa shape index (κ3) is 7.24. The summed E-state index contributed by atoms with van der Waals surface area (Å²) in [5.74, 6) is -4.44. The average Bonchev–Trinajstić information content (AvgIpc) is 2.45. The van der Waals surface area contributed by atoms with E-state index in [1.807, 2.05) is 13.8 Å². The van der Waals surface area contributed by atoms with Gasteiger partial charge in [-0.15, -0.1) is 12.4 Å². The molecule has 1 atom stereocenters. The Bertz CT molecular complexity index is 595. The second kappa shape index (κ2) is 9.79. The van der Waals surface area contributed by atoms with E-state index in [9.17, 15) is 22.0 Å². The van der Waals surface area contributed by atoms with Crippen LogP contribution in [0.2, 0.25) is 0 Å². The van der Waals surface area contributed by atoms with Gasteiger partial charge in [0.2, 0.25) is 9.84 Å². The predicted molar refractivity (Wildman–Crippen MR) is 87.8 cm³/mol. The van der Waals surface area contributed by atoms with Gasteiger partial charge in [-0.05, 0) is 31.2 Å². The van der Waals surface area contributed by atoms with Crippen LogP contribution < -0.4 is 10.6 Å². The van der Waals surface area contributed by atoms with Gasteiger partial charge in [0.1, 0.15) is 0 Å². The molecule has 1 aromatic rings. The first kappa shape index (κ1) is 21.8. The van der Waals surface area contributed by atoms with E-state index in [0.29, 0.717) is 12.1 Å². The van der Waals surface area contributed by atoms with E-state index >= 15 is 0 Å². The number of halogens is 3. The van der Waals surface area contributed by atoms with Crippen molar-refractivity contribution < 1.29 is 22.0 Å². The number of hydrogen-bond donors (Lipinski definition) is 2. The van der Waals surface area contributed by atoms with Crippen molar-refractivity contribution in [3.63, 3.8) is 0 Å². The second-order valence-electron chi connectivity index (χ2n) is 4.93. The molecular weight excluding hydrogens is 350 g/mol. The summed E-state index contributed by atoms with van der Waals surface area (Å²) >= 11 is 0. The molecule has 0 aliphatic heterocycles. The molecular formula is C14H21ClF2N2O3S. The van der Waals surface area contributed by atoms with E-state index < -0.39 is 21.3 Å². The lowest BCUT2D eigenvalue weighted by Crippen LogP contribution is -2.38. The van der Waals surface area contributed by atoms with Gasteiger partial charge in [0.15, 0.2) is 0 Å². The number of likely N-dealkylation sites (N-methyl/N-ethyl adjacent to an activating group) is 1. The summed E-state index contributed by atoms with van der Waals surface area (Å²) in [4.78, 5) is 11.9. The molecule has 0 heterocycles. The van der Waals surface area contributed by atoms with Crippen LogP contribution in [0.1, 0.15) is 29.8 Å². The zero-order chi connectivity index (χ0) is 16.8. The Labute approximate surface area is 141 Å². The first-order chi connectivity index (χ1) is 10.3. The van der Waals surface area contributed by atoms with Crippen LogP contribution in [0.3, 0.4) is 0 Å². The van der Waals surface area contributed by atoms with Gasteiger partial charge < -0.3 is 10.6 Å². The molecule has 23 heavy (non-hydrogen) atoms. The number of rotatable bonds is 8. The molecule has 0 saturated carbocycles. The Morgan fingerprint density at radius 2 is 1.78 bits per heavy atom. The number of nitrogens with one attached hydrogen (secondary N) is 2. The van der Waals surface area contributed by atoms with Crippen LogP contribution in [0.5, 0.6) is 0 Å². The first-order valence-electron chi connectivity index (χ1n) is 6.86. The van der Waals surface area contributed by atoms with Gasteiger partial charge >= 0.3 is 5.76 Å². The molecule has 5 nitrogen and oxygen atoms in total. The number of sulfone groups is 1. The maximum absolute atomic E-state index is 12.3. The maximum Gasteiger partial charge on any atom is 0.337 e. The summed E-state index contributed by atoms with van der Waals surface area (Å²) in [7, 11) is -4.45. The summed E-state index contributed by atoms with van der Waals surface area (Å²) in [6, 6.07) is 5.70. The second-order valence-corrected chi connectivity index (χ2v) is 6.90. The fourth-order valence-electron chi connectivity index (χ4n) is 1.82. The fraction of sp³-hybridized carbons (Fsp3) is 0.500. The minimum atomic E-state index is -4.45. The van der Waals surface area contributed by atoms with E-state index in [1.54, 1.807) is 0 Å². The highest BCUT2D eigenvalue weighted by molar-refractivity contribution is 7.90. The van der Waals surface area contributed by atoms with Gasteiger partial charge in [-0.2, -0.15) is 8.78 Å². The van der Waals surface area contributed by atoms with Gasteiger partial charge in [0.05, 0.1) is 5.75 Å². The Hall–Kier alpha value is -1.25. The summed E-state index contributed by atoms with van der Waals surface area (Å²) in [6.07, 6.45) is 0. The van der Waals surface area contributed by atoms with Crippen molar-refractivity contribution in [3.8, 4) is 0 Å². The van der Waals surface area contributed by atoms with Crippen LogP contribution in [0, 0.1) is 0 Å². The number of carbonyl (C=O) groups is 1. The molecule has 0 saturated heterocycles. The van der Waals surface area contributed by atoms with E-state index in [1.165, 1.54) is 24.3 Å². The van der Waals surface area contributed by atoms with Gasteiger partial charge in [-0.25, -0.2) is 8.42 Å². The highest BCUT2D eigenvalue weighted by Gasteiger charge is 2.24. The molecule has 0 radical (unpaired) electrons. The van der Waals surface area contributed by atoms with E-state index in [4.69, 9.17) is 0 Å². The van der Waals surface area contributed by atoms with Crippen LogP contribution in [0.15, 0.2) is 24.3 Å². The first-order valence-corrected chi connectivity index (χ1v) is 8.58. The van der Waals surface area contributed by atoms with Crippen LogP contribution in [0.4, 0.5) is 8.78 Å². The molecule has 1 rings (SSSR count). The third-order valence-corrected chi connectivity index (χ3v) is 4.26. The monoisotopic (exact) mass is 370 g/mol. The van der Waals surface area contributed by atoms with Crippen LogP contribution >= 0.6 is 12.4 Å². The topological polar surface area (TPSA) is 75.3 Å². The minimum Gasteiger partial charge on any atom is -0.350 e. The van der Waals surface area contributed by atoms with Gasteiger partial charge in [-0.1, -0.05) is 19.1 Å². The van der Waals surface area contributed by atoms with Crippen molar-refractivity contribution in [2.45, 2.75) is 31.4 Å². The van der Waals surface area contributed by atoms with Crippen molar-refractivity contribution in [1.29, 1.82) is 0 Å². The SMILES string of the molecule is CCN[C@H](C)CNC(=O)c1ccc(CS(=O)(=O)C(F)F)cc1.Cl. The van der Waals surface area contributed by atoms with Crippen LogP contribution in [-0.4, -0.2) is 39.2 Å². The third-order valence-electron chi connectivity index (χ3n) is 2.98. The Morgan fingerprint density at radius 1 is 1.22 bits per heavy atom. The number of alkyl halides is 2. The van der Waals surface area contributed by atoms with Crippen LogP contribution in [-0.2, 0) is 15.6 Å². The van der Waals surface area contributed by atoms with E-state index in [0.717, 1.165) is 6.54 Å². The summed E-state index contributed by atoms with van der Waals surface area (Å²) in [5, 5.41) is 5.88. The van der Waals surface area contributed by atoms with Crippen molar-refractivity contribution >= 4 is 28.2 Å². The Morgan fingerprint density at radius 3 is 2.26 bits per heavy atom. The van der Waals surface area contributed by atoms with Crippen molar-refractivity contribution in [1.82, 2.24) is 10.6 Å². The quantitative estimate of drug-likeness (QED) is 0.733. The molecule has 9 heteroatoms. The predicted octanol–water partition coefficient (Wildman–Crippen LogP) is 1.97. The minimum absolute atomic E-state index is 0. The standard InChI is InChI=1S/C14H20F2N2O3S.ClH/c1-3-17-10(2)8-18-13(19)12-6-4-11(5-7-12)9-22(20,21)14(15)16;/h4-7,10,14,17H,3,8-9H2,1-2H3,(H,18,19);1H/t10-;/m1./s1. The number of benzene rings is 1. The van der Waals surface area contributed by atoms with Gasteiger partial charge in [-0.3, -0.25) is 4.79 Å². The molecule has 1 aromatic carbocycles. The summed E-state index contributed by atoms with van der Waals surface area (Å²) in [5.41, 5.74) is 0.569. The van der Waals surface area contributed by atoms with E-state index in [2.05, 4.69) is 10.6 Å². The Kier molecular flexibility index (Phi) is 9.26. The molecule has 0 unspecified atom stereocenters. The lowest BCUT2D eigenvalue weighted by molar-refractivity contribution is 0.0950. The zero-order valence-electron chi connectivity index (χ0n) is 12.9. The Balaban J connectivity index is 0.00000484. The van der Waals surface area contributed by atoms with Crippen molar-refractivity contribution in [2.24, 2.45) is 0 Å². The number of amides is 1. The summed E-state index contributed by atoms with van der Waals surface area (Å²) < 4.78 is 46.8. The number of hydrogen-bond acceptors (Lipinski definition) is 4. The molecule has 0 aromatic heterocycles. The molecule has 0 spiro atoms. The lowest BCUT2D eigenvalue weighted by Gasteiger charge is -2.13. The van der Waals surface area contributed by atoms with E-state index in [-0.39, 0.29) is 29.9 Å². The molecule has 0 aliphatic rings. The normalized spacial score (nSPS) is 12.6. The molecule has 0 bridgehead atoms. The fourth-order valence-corrected chi connectivity index (χ4v) is 2.60. The lowest BCUT2D eigenvalue weighted by atomic mass is 10.1. The molecule has 132 valence electrons. The highest BCUT2D eigenvalue weighted by atomic mass is 35.5. The largest absolute Gasteiger partial charge is 0.350 e.